The molecule has 11 heteroatoms. The molecule has 3 fully saturated rings. The minimum atomic E-state index is -4.74. The molecule has 0 radical (unpaired) electrons. The van der Waals surface area contributed by atoms with Gasteiger partial charge in [-0.15, -0.1) is 0 Å². The molecule has 0 aliphatic carbocycles. The lowest BCUT2D eigenvalue weighted by atomic mass is 9.77. The molecule has 1 amide bonds. The molecule has 0 unspecified atom stereocenters. The molecule has 3 saturated heterocycles. The van der Waals surface area contributed by atoms with Crippen LogP contribution in [0.25, 0.3) is 0 Å². The molecule has 3 aliphatic heterocycles. The summed E-state index contributed by atoms with van der Waals surface area (Å²) >= 11 is 0. The number of nitrogens with zero attached hydrogens (tertiary/aromatic N) is 2. The number of piperidine rings is 2. The minimum Gasteiger partial charge on any atom is -0.399 e. The molecule has 4 rings (SSSR count). The maximum Gasteiger partial charge on any atom is 0.417 e. The summed E-state index contributed by atoms with van der Waals surface area (Å²) in [5, 5.41) is 13.6. The van der Waals surface area contributed by atoms with E-state index in [9.17, 15) is 18.0 Å². The highest BCUT2D eigenvalue weighted by atomic mass is 19.4. The number of hydrogen-bond acceptors (Lipinski definition) is 7. The van der Waals surface area contributed by atoms with E-state index in [4.69, 9.17) is 15.9 Å². The average molecular weight is 497 g/mol. The molecule has 5 N–H and O–H groups in total. The van der Waals surface area contributed by atoms with E-state index in [1.165, 1.54) is 26.0 Å². The first kappa shape index (κ1) is 25.7. The van der Waals surface area contributed by atoms with Gasteiger partial charge in [-0.3, -0.25) is 10.2 Å². The predicted molar refractivity (Wildman–Crippen MR) is 129 cm³/mol. The molecular weight excluding hydrogens is 461 g/mol. The predicted octanol–water partition coefficient (Wildman–Crippen LogP) is 2.39. The van der Waals surface area contributed by atoms with Crippen molar-refractivity contribution < 1.29 is 22.7 Å². The van der Waals surface area contributed by atoms with E-state index in [1.54, 1.807) is 0 Å². The summed E-state index contributed by atoms with van der Waals surface area (Å²) in [5.74, 6) is -0.808. The molecule has 3 aliphatic rings. The summed E-state index contributed by atoms with van der Waals surface area (Å²) in [5.41, 5.74) is 3.65. The third-order valence-electron chi connectivity index (χ3n) is 7.60. The summed E-state index contributed by atoms with van der Waals surface area (Å²) in [6.07, 6.45) is -0.938. The molecule has 0 saturated carbocycles. The Hall–Kier alpha value is -2.37. The molecule has 0 atom stereocenters. The molecule has 1 aromatic rings. The molecular formula is C24H35F3N6O2. The zero-order valence-corrected chi connectivity index (χ0v) is 20.1. The van der Waals surface area contributed by atoms with Crippen LogP contribution in [0.2, 0.25) is 0 Å². The van der Waals surface area contributed by atoms with E-state index in [-0.39, 0.29) is 17.4 Å². The molecule has 8 nitrogen and oxygen atoms in total. The van der Waals surface area contributed by atoms with Crippen molar-refractivity contribution in [3.63, 3.8) is 0 Å². The van der Waals surface area contributed by atoms with Gasteiger partial charge in [-0.25, -0.2) is 0 Å². The number of nitrogens with one attached hydrogen (secondary N) is 3. The molecule has 1 aromatic carbocycles. The van der Waals surface area contributed by atoms with Crippen molar-refractivity contribution in [2.45, 2.75) is 37.9 Å². The van der Waals surface area contributed by atoms with Crippen molar-refractivity contribution in [1.29, 1.82) is 5.41 Å². The van der Waals surface area contributed by atoms with Gasteiger partial charge in [0.25, 0.3) is 5.91 Å². The van der Waals surface area contributed by atoms with Crippen molar-refractivity contribution in [2.24, 2.45) is 5.41 Å². The van der Waals surface area contributed by atoms with Gasteiger partial charge in [0.05, 0.1) is 18.8 Å². The van der Waals surface area contributed by atoms with Crippen LogP contribution in [0.1, 0.15) is 36.8 Å². The summed E-state index contributed by atoms with van der Waals surface area (Å²) < 4.78 is 46.2. The van der Waals surface area contributed by atoms with Gasteiger partial charge in [-0.1, -0.05) is 0 Å². The fourth-order valence-corrected chi connectivity index (χ4v) is 5.24. The quantitative estimate of drug-likeness (QED) is 0.341. The van der Waals surface area contributed by atoms with Gasteiger partial charge in [0.15, 0.2) is 0 Å². The fraction of sp³-hybridized carbons (Fsp3) is 0.667. The van der Waals surface area contributed by atoms with Crippen LogP contribution < -0.4 is 16.4 Å². The normalized spacial score (nSPS) is 21.5. The summed E-state index contributed by atoms with van der Waals surface area (Å²) in [4.78, 5) is 17.6. The van der Waals surface area contributed by atoms with Gasteiger partial charge in [0.2, 0.25) is 0 Å². The largest absolute Gasteiger partial charge is 0.417 e. The van der Waals surface area contributed by atoms with Crippen LogP contribution in [0.5, 0.6) is 0 Å². The minimum absolute atomic E-state index is 0.000706. The Morgan fingerprint density at radius 2 is 1.74 bits per heavy atom. The number of anilines is 2. The second-order valence-electron chi connectivity index (χ2n) is 10.0. The van der Waals surface area contributed by atoms with E-state index in [0.717, 1.165) is 58.5 Å². The summed E-state index contributed by atoms with van der Waals surface area (Å²) in [7, 11) is 1.43. The van der Waals surface area contributed by atoms with E-state index in [0.29, 0.717) is 18.3 Å². The Bertz CT molecular complexity index is 932. The van der Waals surface area contributed by atoms with Crippen LogP contribution in [0.4, 0.5) is 24.5 Å². The number of nitrogen functional groups attached to an aromatic ring is 1. The lowest BCUT2D eigenvalue weighted by Gasteiger charge is -2.47. The van der Waals surface area contributed by atoms with Gasteiger partial charge in [0.1, 0.15) is 5.71 Å². The highest BCUT2D eigenvalue weighted by Gasteiger charge is 2.41. The zero-order valence-electron chi connectivity index (χ0n) is 20.1. The number of nitrogens with two attached hydrogens (primary N) is 1. The van der Waals surface area contributed by atoms with Crippen molar-refractivity contribution in [3.05, 3.63) is 23.3 Å². The number of ether oxygens (including phenoxy) is 1. The Kier molecular flexibility index (Phi) is 7.58. The number of halogens is 3. The topological polar surface area (TPSA) is 107 Å². The number of carbonyl (C=O) groups excluding carboxylic acids is 1. The van der Waals surface area contributed by atoms with Crippen LogP contribution in [-0.4, -0.2) is 87.0 Å². The first-order valence-corrected chi connectivity index (χ1v) is 12.2. The first-order chi connectivity index (χ1) is 16.6. The van der Waals surface area contributed by atoms with Gasteiger partial charge < -0.3 is 30.9 Å². The number of amides is 1. The Labute approximate surface area is 203 Å². The lowest BCUT2D eigenvalue weighted by Crippen LogP contribution is -2.52. The molecule has 0 bridgehead atoms. The molecule has 1 spiro atoms. The van der Waals surface area contributed by atoms with Gasteiger partial charge in [0, 0.05) is 61.6 Å². The fourth-order valence-electron chi connectivity index (χ4n) is 5.24. The Morgan fingerprint density at radius 1 is 1.14 bits per heavy atom. The number of benzene rings is 1. The Balaban J connectivity index is 1.26. The van der Waals surface area contributed by atoms with Crippen molar-refractivity contribution in [3.8, 4) is 0 Å². The van der Waals surface area contributed by atoms with E-state index in [1.807, 2.05) is 0 Å². The third kappa shape index (κ3) is 5.90. The van der Waals surface area contributed by atoms with Gasteiger partial charge in [-0.05, 0) is 50.9 Å². The smallest absolute Gasteiger partial charge is 0.399 e. The maximum atomic E-state index is 13.6. The molecule has 194 valence electrons. The molecule has 35 heavy (non-hydrogen) atoms. The third-order valence-corrected chi connectivity index (χ3v) is 7.60. The van der Waals surface area contributed by atoms with E-state index in [2.05, 4.69) is 20.4 Å². The van der Waals surface area contributed by atoms with Crippen molar-refractivity contribution in [2.75, 3.05) is 70.6 Å². The lowest BCUT2D eigenvalue weighted by molar-refractivity contribution is -0.139. The number of rotatable bonds is 7. The maximum absolute atomic E-state index is 13.6. The first-order valence-electron chi connectivity index (χ1n) is 12.2. The second-order valence-corrected chi connectivity index (χ2v) is 10.0. The molecule has 3 heterocycles. The highest BCUT2D eigenvalue weighted by Crippen LogP contribution is 2.38. The van der Waals surface area contributed by atoms with Gasteiger partial charge >= 0.3 is 6.18 Å². The van der Waals surface area contributed by atoms with Crippen LogP contribution in [-0.2, 0) is 15.7 Å². The van der Waals surface area contributed by atoms with Crippen LogP contribution >= 0.6 is 0 Å². The number of carbonyl (C=O) groups is 1. The SMILES string of the molecule is CNc1cc(N)cc(C(F)(F)F)c1C(=N)C(=O)NC1CCN(CCN2CCC3(CC2)COC3)CC1. The van der Waals surface area contributed by atoms with Crippen LogP contribution in [0.3, 0.4) is 0 Å². The highest BCUT2D eigenvalue weighted by molar-refractivity contribution is 6.45. The average Bonchev–Trinajstić information content (AvgIpc) is 2.81. The van der Waals surface area contributed by atoms with E-state index < -0.39 is 28.9 Å². The summed E-state index contributed by atoms with van der Waals surface area (Å²) in [6, 6.07) is 1.89. The monoisotopic (exact) mass is 496 g/mol. The Morgan fingerprint density at radius 3 is 2.26 bits per heavy atom. The van der Waals surface area contributed by atoms with Crippen LogP contribution in [0, 0.1) is 10.8 Å². The summed E-state index contributed by atoms with van der Waals surface area (Å²) in [6.45, 7) is 7.62. The van der Waals surface area contributed by atoms with Crippen LogP contribution in [0.15, 0.2) is 12.1 Å². The van der Waals surface area contributed by atoms with Crippen molar-refractivity contribution in [1.82, 2.24) is 15.1 Å². The van der Waals surface area contributed by atoms with Gasteiger partial charge in [-0.2, -0.15) is 13.2 Å². The second kappa shape index (κ2) is 10.3. The van der Waals surface area contributed by atoms with E-state index >= 15 is 0 Å². The number of likely N-dealkylation sites (tertiary alicyclic amines) is 2. The number of hydrogen-bond donors (Lipinski definition) is 4. The standard InChI is InChI=1S/C24H35F3N6O2/c1-30-19-13-16(28)12-18(24(25,26)27)20(19)21(29)22(34)31-17-2-6-32(7-3-17)10-11-33-8-4-23(5-9-33)14-35-15-23/h12-13,17,29-30H,2-11,14-15,28H2,1H3,(H,31,34). The number of alkyl halides is 3. The zero-order chi connectivity index (χ0) is 25.2. The van der Waals surface area contributed by atoms with Crippen molar-refractivity contribution >= 4 is 23.0 Å². The molecule has 0 aromatic heterocycles.